The van der Waals surface area contributed by atoms with E-state index < -0.39 is 10.0 Å². The molecule has 1 aromatic carbocycles. The van der Waals surface area contributed by atoms with Crippen molar-refractivity contribution >= 4 is 54.8 Å². The maximum atomic E-state index is 12.5. The van der Waals surface area contributed by atoms with E-state index in [2.05, 4.69) is 15.9 Å². The Hall–Kier alpha value is -1.13. The van der Waals surface area contributed by atoms with Gasteiger partial charge in [0.15, 0.2) is 0 Å². The standard InChI is InChI=1S/C16H18BrClN2O4S2/c1-19(9-11-8-12(17)4-5-13(11)24-3)15(21)10-20(2)26(22,23)16-7-6-14(18)25-16/h4-8H,9-10H2,1-3H3. The van der Waals surface area contributed by atoms with Gasteiger partial charge in [-0.3, -0.25) is 4.79 Å². The van der Waals surface area contributed by atoms with E-state index in [1.807, 2.05) is 12.1 Å². The summed E-state index contributed by atoms with van der Waals surface area (Å²) in [6, 6.07) is 8.45. The Morgan fingerprint density at radius 1 is 1.27 bits per heavy atom. The zero-order chi connectivity index (χ0) is 19.5. The Bertz CT molecular complexity index is 901. The minimum atomic E-state index is -3.75. The number of nitrogens with zero attached hydrogens (tertiary/aromatic N) is 2. The minimum absolute atomic E-state index is 0.106. The highest BCUT2D eigenvalue weighted by Crippen LogP contribution is 2.28. The largest absolute Gasteiger partial charge is 0.496 e. The molecule has 0 saturated carbocycles. The second kappa shape index (κ2) is 8.71. The maximum absolute atomic E-state index is 12.5. The summed E-state index contributed by atoms with van der Waals surface area (Å²) in [6.45, 7) is 0.0187. The van der Waals surface area contributed by atoms with E-state index in [0.29, 0.717) is 16.6 Å². The first kappa shape index (κ1) is 21.2. The van der Waals surface area contributed by atoms with Crippen molar-refractivity contribution in [3.8, 4) is 5.75 Å². The van der Waals surface area contributed by atoms with Crippen molar-refractivity contribution in [1.29, 1.82) is 0 Å². The van der Waals surface area contributed by atoms with Crippen LogP contribution < -0.4 is 4.74 Å². The number of hydrogen-bond donors (Lipinski definition) is 0. The van der Waals surface area contributed by atoms with Gasteiger partial charge >= 0.3 is 0 Å². The molecule has 0 fully saturated rings. The summed E-state index contributed by atoms with van der Waals surface area (Å²) in [5.74, 6) is 0.322. The van der Waals surface area contributed by atoms with Crippen molar-refractivity contribution < 1.29 is 17.9 Å². The van der Waals surface area contributed by atoms with E-state index in [0.717, 1.165) is 25.7 Å². The summed E-state index contributed by atoms with van der Waals surface area (Å²) in [6.07, 6.45) is 0. The molecule has 142 valence electrons. The number of benzene rings is 1. The highest BCUT2D eigenvalue weighted by Gasteiger charge is 2.26. The molecular formula is C16H18BrClN2O4S2. The van der Waals surface area contributed by atoms with Crippen molar-refractivity contribution in [2.24, 2.45) is 0 Å². The third-order valence-corrected chi connectivity index (χ3v) is 7.64. The SMILES string of the molecule is COc1ccc(Br)cc1CN(C)C(=O)CN(C)S(=O)(=O)c1ccc(Cl)s1. The summed E-state index contributed by atoms with van der Waals surface area (Å²) in [5.41, 5.74) is 0.813. The molecule has 0 atom stereocenters. The van der Waals surface area contributed by atoms with Crippen LogP contribution in [0.4, 0.5) is 0 Å². The Kier molecular flexibility index (Phi) is 7.09. The number of ether oxygens (including phenoxy) is 1. The fourth-order valence-electron chi connectivity index (χ4n) is 2.20. The summed E-state index contributed by atoms with van der Waals surface area (Å²) in [4.78, 5) is 13.9. The molecule has 0 unspecified atom stereocenters. The van der Waals surface area contributed by atoms with Crippen molar-refractivity contribution in [2.45, 2.75) is 10.8 Å². The summed E-state index contributed by atoms with van der Waals surface area (Å²) < 4.78 is 32.6. The van der Waals surface area contributed by atoms with E-state index in [9.17, 15) is 13.2 Å². The van der Waals surface area contributed by atoms with Gasteiger partial charge in [-0.1, -0.05) is 27.5 Å². The van der Waals surface area contributed by atoms with Crippen molar-refractivity contribution in [2.75, 3.05) is 27.7 Å². The molecule has 26 heavy (non-hydrogen) atoms. The molecule has 0 bridgehead atoms. The van der Waals surface area contributed by atoms with Crippen LogP contribution in [0.1, 0.15) is 5.56 Å². The van der Waals surface area contributed by atoms with Crippen LogP contribution in [0.15, 0.2) is 39.0 Å². The topological polar surface area (TPSA) is 66.9 Å². The zero-order valence-electron chi connectivity index (χ0n) is 14.4. The molecule has 0 aliphatic rings. The van der Waals surface area contributed by atoms with Gasteiger partial charge in [0.25, 0.3) is 10.0 Å². The van der Waals surface area contributed by atoms with Crippen LogP contribution in [0, 0.1) is 0 Å². The van der Waals surface area contributed by atoms with E-state index in [-0.39, 0.29) is 16.7 Å². The summed E-state index contributed by atoms with van der Waals surface area (Å²) >= 11 is 10.2. The molecule has 1 heterocycles. The van der Waals surface area contributed by atoms with Crippen LogP contribution in [0.2, 0.25) is 4.34 Å². The molecule has 0 saturated heterocycles. The first-order valence-electron chi connectivity index (χ1n) is 7.43. The predicted molar refractivity (Wildman–Crippen MR) is 106 cm³/mol. The Labute approximate surface area is 170 Å². The Morgan fingerprint density at radius 3 is 2.54 bits per heavy atom. The number of thiophene rings is 1. The van der Waals surface area contributed by atoms with Gasteiger partial charge in [-0.15, -0.1) is 11.3 Å². The van der Waals surface area contributed by atoms with Gasteiger partial charge in [0, 0.05) is 30.7 Å². The molecule has 2 rings (SSSR count). The van der Waals surface area contributed by atoms with Crippen LogP contribution in [0.5, 0.6) is 5.75 Å². The number of hydrogen-bond acceptors (Lipinski definition) is 5. The lowest BCUT2D eigenvalue weighted by Crippen LogP contribution is -2.38. The molecule has 1 aromatic heterocycles. The van der Waals surface area contributed by atoms with Gasteiger partial charge in [0.1, 0.15) is 9.96 Å². The molecule has 0 spiro atoms. The molecule has 2 aromatic rings. The van der Waals surface area contributed by atoms with Gasteiger partial charge in [-0.25, -0.2) is 8.42 Å². The van der Waals surface area contributed by atoms with Crippen molar-refractivity contribution in [1.82, 2.24) is 9.21 Å². The molecule has 0 aliphatic heterocycles. The first-order chi connectivity index (χ1) is 12.1. The van der Waals surface area contributed by atoms with Crippen LogP contribution in [-0.2, 0) is 21.4 Å². The third kappa shape index (κ3) is 4.98. The number of sulfonamides is 1. The lowest BCUT2D eigenvalue weighted by molar-refractivity contribution is -0.130. The normalized spacial score (nSPS) is 11.6. The minimum Gasteiger partial charge on any atom is -0.496 e. The van der Waals surface area contributed by atoms with Gasteiger partial charge in [0.2, 0.25) is 5.91 Å². The second-order valence-electron chi connectivity index (χ2n) is 5.53. The molecule has 0 N–H and O–H groups in total. The number of halogens is 2. The Morgan fingerprint density at radius 2 is 1.96 bits per heavy atom. The van der Waals surface area contributed by atoms with E-state index in [4.69, 9.17) is 16.3 Å². The second-order valence-corrected chi connectivity index (χ2v) is 10.4. The molecule has 0 radical (unpaired) electrons. The Balaban J connectivity index is 2.08. The third-order valence-electron chi connectivity index (χ3n) is 3.65. The van der Waals surface area contributed by atoms with Gasteiger partial charge in [0.05, 0.1) is 18.0 Å². The first-order valence-corrected chi connectivity index (χ1v) is 10.9. The highest BCUT2D eigenvalue weighted by molar-refractivity contribution is 9.10. The number of likely N-dealkylation sites (N-methyl/N-ethyl adjacent to an activating group) is 2. The smallest absolute Gasteiger partial charge is 0.252 e. The lowest BCUT2D eigenvalue weighted by atomic mass is 10.2. The van der Waals surface area contributed by atoms with E-state index >= 15 is 0 Å². The maximum Gasteiger partial charge on any atom is 0.252 e. The number of carbonyl (C=O) groups is 1. The van der Waals surface area contributed by atoms with Crippen LogP contribution in [-0.4, -0.2) is 51.3 Å². The zero-order valence-corrected chi connectivity index (χ0v) is 18.4. The summed E-state index contributed by atoms with van der Waals surface area (Å²) in [5, 5.41) is 0. The molecule has 6 nitrogen and oxygen atoms in total. The van der Waals surface area contributed by atoms with Gasteiger partial charge in [-0.05, 0) is 30.3 Å². The van der Waals surface area contributed by atoms with Crippen LogP contribution in [0.3, 0.4) is 0 Å². The molecular weight excluding hydrogens is 464 g/mol. The van der Waals surface area contributed by atoms with E-state index in [1.165, 1.54) is 24.1 Å². The number of rotatable bonds is 7. The van der Waals surface area contributed by atoms with Gasteiger partial charge in [-0.2, -0.15) is 4.31 Å². The summed E-state index contributed by atoms with van der Waals surface area (Å²) in [7, 11) is 0.791. The predicted octanol–water partition coefficient (Wildman–Crippen LogP) is 3.45. The lowest BCUT2D eigenvalue weighted by Gasteiger charge is -2.22. The number of carbonyl (C=O) groups excluding carboxylic acids is 1. The molecule has 0 aliphatic carbocycles. The van der Waals surface area contributed by atoms with Crippen LogP contribution in [0.25, 0.3) is 0 Å². The van der Waals surface area contributed by atoms with Gasteiger partial charge < -0.3 is 9.64 Å². The van der Waals surface area contributed by atoms with Crippen molar-refractivity contribution in [3.63, 3.8) is 0 Å². The van der Waals surface area contributed by atoms with E-state index in [1.54, 1.807) is 20.2 Å². The molecule has 10 heteroatoms. The highest BCUT2D eigenvalue weighted by atomic mass is 79.9. The average Bonchev–Trinajstić information content (AvgIpc) is 3.02. The fraction of sp³-hybridized carbons (Fsp3) is 0.312. The molecule has 1 amide bonds. The number of methoxy groups -OCH3 is 1. The number of amides is 1. The van der Waals surface area contributed by atoms with Crippen LogP contribution >= 0.6 is 38.9 Å². The fourth-order valence-corrected chi connectivity index (χ4v) is 5.42. The monoisotopic (exact) mass is 480 g/mol. The quantitative estimate of drug-likeness (QED) is 0.607. The van der Waals surface area contributed by atoms with Crippen molar-refractivity contribution in [3.05, 3.63) is 44.7 Å². The average molecular weight is 482 g/mol.